The van der Waals surface area contributed by atoms with Crippen LogP contribution in [-0.2, 0) is 31.0 Å². The standard InChI is InChI=1S/C8H17.Y/c1-3-5-7-8-6-4-2;/h1,3-8H2,2H3;. The van der Waals surface area contributed by atoms with E-state index in [1.807, 2.05) is 0 Å². The number of hydrogen-bond donors (Lipinski definition) is 0. The molecule has 0 spiro atoms. The van der Waals surface area contributed by atoms with Crippen molar-refractivity contribution in [2.24, 2.45) is 0 Å². The molecule has 0 aromatic carbocycles. The Labute approximate surface area is 79.2 Å². The van der Waals surface area contributed by atoms with Crippen molar-refractivity contribution >= 4 is 0 Å². The first-order valence-corrected chi connectivity index (χ1v) is 6.12. The van der Waals surface area contributed by atoms with Gasteiger partial charge in [-0.15, -0.1) is 0 Å². The van der Waals surface area contributed by atoms with Gasteiger partial charge in [0.15, 0.2) is 0 Å². The second kappa shape index (κ2) is 9.10. The SMILES string of the molecule is CCCCCCC[CH2][Y]. The summed E-state index contributed by atoms with van der Waals surface area (Å²) in [6, 6.07) is 0. The summed E-state index contributed by atoms with van der Waals surface area (Å²) in [6.07, 6.45) is 8.75. The average molecular weight is 202 g/mol. The van der Waals surface area contributed by atoms with Crippen molar-refractivity contribution < 1.29 is 31.0 Å². The van der Waals surface area contributed by atoms with Gasteiger partial charge in [-0.3, -0.25) is 0 Å². The predicted octanol–water partition coefficient (Wildman–Crippen LogP) is 3.31. The van der Waals surface area contributed by atoms with Crippen molar-refractivity contribution in [1.29, 1.82) is 0 Å². The fourth-order valence-electron chi connectivity index (χ4n) is 0.925. The van der Waals surface area contributed by atoms with Crippen LogP contribution < -0.4 is 0 Å². The Kier molecular flexibility index (Phi) is 10.2. The van der Waals surface area contributed by atoms with E-state index in [1.54, 1.807) is 0 Å². The van der Waals surface area contributed by atoms with Crippen molar-refractivity contribution in [3.63, 3.8) is 0 Å². The molecule has 0 heterocycles. The van der Waals surface area contributed by atoms with Gasteiger partial charge in [0.2, 0.25) is 0 Å². The Balaban J connectivity index is 2.60. The molecule has 0 amide bonds. The Hall–Kier alpha value is 1.10. The van der Waals surface area contributed by atoms with Gasteiger partial charge in [0.25, 0.3) is 0 Å². The fraction of sp³-hybridized carbons (Fsp3) is 1.00. The van der Waals surface area contributed by atoms with Crippen LogP contribution in [0, 0.1) is 0 Å². The van der Waals surface area contributed by atoms with Gasteiger partial charge in [-0.25, -0.2) is 0 Å². The maximum atomic E-state index is 2.27. The zero-order chi connectivity index (χ0) is 6.95. The summed E-state index contributed by atoms with van der Waals surface area (Å²) in [5, 5.41) is 0. The van der Waals surface area contributed by atoms with Crippen LogP contribution in [0.25, 0.3) is 0 Å². The van der Waals surface area contributed by atoms with Gasteiger partial charge in [-0.2, -0.15) is 0 Å². The van der Waals surface area contributed by atoms with Crippen molar-refractivity contribution in [3.05, 3.63) is 0 Å². The summed E-state index contributed by atoms with van der Waals surface area (Å²) < 4.78 is 1.50. The summed E-state index contributed by atoms with van der Waals surface area (Å²) >= 11 is 1.46. The molecular formula is C8H17Y. The Morgan fingerprint density at radius 1 is 0.889 bits per heavy atom. The van der Waals surface area contributed by atoms with E-state index >= 15 is 0 Å². The molecule has 0 saturated heterocycles. The number of rotatable bonds is 6. The van der Waals surface area contributed by atoms with Crippen LogP contribution in [0.4, 0.5) is 0 Å². The third-order valence-corrected chi connectivity index (χ3v) is 2.56. The van der Waals surface area contributed by atoms with E-state index in [0.717, 1.165) is 0 Å². The van der Waals surface area contributed by atoms with Crippen LogP contribution in [0.2, 0.25) is 3.23 Å². The molecule has 0 nitrogen and oxygen atoms in total. The first-order valence-electron chi connectivity index (χ1n) is 4.12. The minimum absolute atomic E-state index is 1.38. The van der Waals surface area contributed by atoms with Crippen LogP contribution in [0.5, 0.6) is 0 Å². The van der Waals surface area contributed by atoms with Crippen molar-refractivity contribution in [1.82, 2.24) is 0 Å². The van der Waals surface area contributed by atoms with E-state index in [0.29, 0.717) is 0 Å². The van der Waals surface area contributed by atoms with Gasteiger partial charge in [0.1, 0.15) is 0 Å². The Morgan fingerprint density at radius 2 is 1.44 bits per heavy atom. The molecule has 0 fully saturated rings. The van der Waals surface area contributed by atoms with Gasteiger partial charge < -0.3 is 0 Å². The average Bonchev–Trinajstić information content (AvgIpc) is 1.89. The van der Waals surface area contributed by atoms with E-state index in [1.165, 1.54) is 72.7 Å². The van der Waals surface area contributed by atoms with Crippen LogP contribution in [0.1, 0.15) is 45.4 Å². The van der Waals surface area contributed by atoms with Crippen LogP contribution in [-0.4, -0.2) is 0 Å². The number of unbranched alkanes of at least 4 members (excludes halogenated alkanes) is 5. The molecule has 0 aliphatic carbocycles. The third-order valence-electron chi connectivity index (χ3n) is 1.56. The minimum atomic E-state index is 1.38. The topological polar surface area (TPSA) is 0 Å². The predicted molar refractivity (Wildman–Crippen MR) is 38.2 cm³/mol. The Bertz CT molecular complexity index is 37.8. The molecule has 0 aliphatic rings. The molecule has 1 heteroatoms. The quantitative estimate of drug-likeness (QED) is 0.579. The first kappa shape index (κ1) is 10.1. The molecule has 9 heavy (non-hydrogen) atoms. The van der Waals surface area contributed by atoms with Crippen molar-refractivity contribution in [2.75, 3.05) is 0 Å². The molecule has 0 rings (SSSR count). The van der Waals surface area contributed by atoms with E-state index in [4.69, 9.17) is 0 Å². The van der Waals surface area contributed by atoms with Crippen molar-refractivity contribution in [2.45, 2.75) is 48.7 Å². The normalized spacial score (nSPS) is 9.78. The molecule has 0 unspecified atom stereocenters. The van der Waals surface area contributed by atoms with Crippen molar-refractivity contribution in [3.8, 4) is 0 Å². The van der Waals surface area contributed by atoms with Crippen LogP contribution in [0.15, 0.2) is 0 Å². The zero-order valence-electron chi connectivity index (χ0n) is 6.53. The zero-order valence-corrected chi connectivity index (χ0v) is 9.37. The summed E-state index contributed by atoms with van der Waals surface area (Å²) in [5.74, 6) is 0. The monoisotopic (exact) mass is 202 g/mol. The van der Waals surface area contributed by atoms with Crippen LogP contribution >= 0.6 is 0 Å². The molecule has 0 saturated carbocycles. The molecule has 0 N–H and O–H groups in total. The van der Waals surface area contributed by atoms with E-state index in [2.05, 4.69) is 6.92 Å². The number of hydrogen-bond acceptors (Lipinski definition) is 0. The van der Waals surface area contributed by atoms with Gasteiger partial charge in [-0.05, 0) is 0 Å². The van der Waals surface area contributed by atoms with Gasteiger partial charge >= 0.3 is 79.6 Å². The van der Waals surface area contributed by atoms with Crippen LogP contribution in [0.3, 0.4) is 0 Å². The molecule has 0 bridgehead atoms. The summed E-state index contributed by atoms with van der Waals surface area (Å²) in [7, 11) is 0. The molecule has 0 aliphatic heterocycles. The Morgan fingerprint density at radius 3 is 2.00 bits per heavy atom. The van der Waals surface area contributed by atoms with E-state index < -0.39 is 0 Å². The molecular weight excluding hydrogens is 185 g/mol. The summed E-state index contributed by atoms with van der Waals surface area (Å²) in [5.41, 5.74) is 0. The molecule has 52 valence electrons. The molecule has 0 aromatic rings. The molecule has 0 atom stereocenters. The molecule has 0 aromatic heterocycles. The second-order valence-electron chi connectivity index (χ2n) is 2.56. The van der Waals surface area contributed by atoms with E-state index in [-0.39, 0.29) is 0 Å². The second-order valence-corrected chi connectivity index (χ2v) is 3.98. The van der Waals surface area contributed by atoms with E-state index in [9.17, 15) is 0 Å². The van der Waals surface area contributed by atoms with Gasteiger partial charge in [0.05, 0.1) is 0 Å². The third kappa shape index (κ3) is 9.10. The maximum absolute atomic E-state index is 2.27. The summed E-state index contributed by atoms with van der Waals surface area (Å²) in [6.45, 7) is 2.27. The van der Waals surface area contributed by atoms with Gasteiger partial charge in [0, 0.05) is 0 Å². The summed E-state index contributed by atoms with van der Waals surface area (Å²) in [4.78, 5) is 0. The van der Waals surface area contributed by atoms with Gasteiger partial charge in [-0.1, -0.05) is 0 Å². The first-order chi connectivity index (χ1) is 4.41. The fourth-order valence-corrected chi connectivity index (χ4v) is 1.63. The molecule has 0 radical (unpaired) electrons.